The quantitative estimate of drug-likeness (QED) is 0.484. The van der Waals surface area contributed by atoms with E-state index >= 15 is 0 Å². The second-order valence-electron chi connectivity index (χ2n) is 8.35. The third-order valence-electron chi connectivity index (χ3n) is 5.52. The molecule has 1 heterocycles. The van der Waals surface area contributed by atoms with Gasteiger partial charge in [-0.1, -0.05) is 42.5 Å². The largest absolute Gasteiger partial charge is 0.379 e. The predicted octanol–water partition coefficient (Wildman–Crippen LogP) is 4.56. The van der Waals surface area contributed by atoms with Gasteiger partial charge in [-0.3, -0.25) is 9.59 Å². The maximum atomic E-state index is 13.6. The molecule has 0 aromatic heterocycles. The molecule has 0 unspecified atom stereocenters. The zero-order valence-corrected chi connectivity index (χ0v) is 20.1. The summed E-state index contributed by atoms with van der Waals surface area (Å²) in [6.07, 6.45) is 0.853. The molecule has 176 valence electrons. The van der Waals surface area contributed by atoms with E-state index in [9.17, 15) is 13.8 Å². The smallest absolute Gasteiger partial charge is 0.259 e. The molecular weight excluding hydrogens is 448 g/mol. The van der Waals surface area contributed by atoms with Gasteiger partial charge >= 0.3 is 0 Å². The maximum Gasteiger partial charge on any atom is 0.259 e. The number of carbonyl (C=O) groups is 2. The number of anilines is 1. The average Bonchev–Trinajstić information content (AvgIpc) is 2.93. The van der Waals surface area contributed by atoms with Crippen molar-refractivity contribution in [1.82, 2.24) is 5.32 Å². The van der Waals surface area contributed by atoms with Crippen LogP contribution in [0.2, 0.25) is 0 Å². The van der Waals surface area contributed by atoms with E-state index in [0.29, 0.717) is 52.7 Å². The topological polar surface area (TPSA) is 75.7 Å². The summed E-state index contributed by atoms with van der Waals surface area (Å²) in [6, 6.07) is 21.6. The van der Waals surface area contributed by atoms with E-state index in [2.05, 4.69) is 5.32 Å². The highest BCUT2D eigenvalue weighted by atomic mass is 32.2. The molecule has 1 aliphatic rings. The van der Waals surface area contributed by atoms with E-state index in [0.717, 1.165) is 5.56 Å². The van der Waals surface area contributed by atoms with Crippen molar-refractivity contribution in [2.75, 3.05) is 18.1 Å². The highest BCUT2D eigenvalue weighted by molar-refractivity contribution is 7.85. The number of fused-ring (bicyclic) bond motifs is 2. The summed E-state index contributed by atoms with van der Waals surface area (Å²) in [5.74, 6) is -0.484. The van der Waals surface area contributed by atoms with E-state index in [-0.39, 0.29) is 17.9 Å². The Balaban J connectivity index is 1.66. The fourth-order valence-corrected chi connectivity index (χ4v) is 5.17. The van der Waals surface area contributed by atoms with Gasteiger partial charge in [0.25, 0.3) is 11.8 Å². The molecule has 3 aromatic rings. The first-order valence-corrected chi connectivity index (χ1v) is 12.5. The van der Waals surface area contributed by atoms with Crippen LogP contribution in [0.3, 0.4) is 0 Å². The van der Waals surface area contributed by atoms with Crippen LogP contribution in [0.25, 0.3) is 0 Å². The molecule has 0 radical (unpaired) electrons. The Kier molecular flexibility index (Phi) is 7.55. The van der Waals surface area contributed by atoms with Crippen molar-refractivity contribution in [3.63, 3.8) is 0 Å². The van der Waals surface area contributed by atoms with E-state index in [4.69, 9.17) is 4.74 Å². The number of nitrogens with one attached hydrogen (secondary N) is 1. The molecule has 34 heavy (non-hydrogen) atoms. The second-order valence-corrected chi connectivity index (χ2v) is 9.77. The molecule has 6 nitrogen and oxygen atoms in total. The third-order valence-corrected chi connectivity index (χ3v) is 7.02. The predicted molar refractivity (Wildman–Crippen MR) is 133 cm³/mol. The maximum absolute atomic E-state index is 13.6. The molecular formula is C27H28N2O4S. The van der Waals surface area contributed by atoms with Crippen LogP contribution in [-0.4, -0.2) is 35.3 Å². The number of amides is 2. The van der Waals surface area contributed by atoms with E-state index in [1.165, 1.54) is 0 Å². The van der Waals surface area contributed by atoms with Gasteiger partial charge in [0.05, 0.1) is 44.5 Å². The number of nitrogens with zero attached hydrogens (tertiary/aromatic N) is 1. The number of benzene rings is 3. The first kappa shape index (κ1) is 23.9. The SMILES string of the molecule is CC(C)OCCCNC(=O)c1ccc2c(c1)N(Cc1ccccc1)C(=O)c1ccccc1[S@@]2=O. The van der Waals surface area contributed by atoms with E-state index in [1.807, 2.05) is 44.2 Å². The molecule has 0 fully saturated rings. The van der Waals surface area contributed by atoms with Gasteiger partial charge in [0.1, 0.15) is 0 Å². The van der Waals surface area contributed by atoms with Gasteiger partial charge in [-0.2, -0.15) is 0 Å². The molecule has 0 saturated carbocycles. The number of hydrogen-bond donors (Lipinski definition) is 1. The van der Waals surface area contributed by atoms with Gasteiger partial charge in [0.2, 0.25) is 0 Å². The normalized spacial score (nSPS) is 15.0. The number of rotatable bonds is 8. The highest BCUT2D eigenvalue weighted by Crippen LogP contribution is 2.36. The minimum Gasteiger partial charge on any atom is -0.379 e. The Labute approximate surface area is 202 Å². The lowest BCUT2D eigenvalue weighted by atomic mass is 10.1. The summed E-state index contributed by atoms with van der Waals surface area (Å²) in [5.41, 5.74) is 2.24. The van der Waals surface area contributed by atoms with Gasteiger partial charge < -0.3 is 15.0 Å². The van der Waals surface area contributed by atoms with Crippen molar-refractivity contribution in [2.24, 2.45) is 0 Å². The van der Waals surface area contributed by atoms with Crippen molar-refractivity contribution in [1.29, 1.82) is 0 Å². The lowest BCUT2D eigenvalue weighted by Crippen LogP contribution is -2.31. The molecule has 2 amide bonds. The van der Waals surface area contributed by atoms with Crippen molar-refractivity contribution < 1.29 is 18.5 Å². The van der Waals surface area contributed by atoms with Gasteiger partial charge in [-0.05, 0) is 56.2 Å². The van der Waals surface area contributed by atoms with Gasteiger partial charge in [0.15, 0.2) is 0 Å². The molecule has 0 saturated heterocycles. The van der Waals surface area contributed by atoms with Crippen LogP contribution in [-0.2, 0) is 22.1 Å². The van der Waals surface area contributed by atoms with Crippen LogP contribution in [0.4, 0.5) is 5.69 Å². The van der Waals surface area contributed by atoms with Crippen molar-refractivity contribution in [3.8, 4) is 0 Å². The van der Waals surface area contributed by atoms with Crippen molar-refractivity contribution in [2.45, 2.75) is 42.7 Å². The second kappa shape index (κ2) is 10.8. The van der Waals surface area contributed by atoms with Gasteiger partial charge in [-0.15, -0.1) is 0 Å². The zero-order chi connectivity index (χ0) is 24.1. The summed E-state index contributed by atoms with van der Waals surface area (Å²) < 4.78 is 19.0. The molecule has 0 bridgehead atoms. The fourth-order valence-electron chi connectivity index (χ4n) is 3.82. The number of carbonyl (C=O) groups excluding carboxylic acids is 2. The first-order valence-electron chi connectivity index (χ1n) is 11.4. The zero-order valence-electron chi connectivity index (χ0n) is 19.3. The minimum absolute atomic E-state index is 0.151. The lowest BCUT2D eigenvalue weighted by molar-refractivity contribution is 0.0757. The van der Waals surface area contributed by atoms with Crippen LogP contribution in [0, 0.1) is 0 Å². The number of ether oxygens (including phenoxy) is 1. The minimum atomic E-state index is -1.55. The van der Waals surface area contributed by atoms with Crippen molar-refractivity contribution in [3.05, 3.63) is 89.5 Å². The average molecular weight is 477 g/mol. The molecule has 1 N–H and O–H groups in total. The Morgan fingerprint density at radius 2 is 1.74 bits per heavy atom. The number of hydrogen-bond acceptors (Lipinski definition) is 4. The Morgan fingerprint density at radius 3 is 2.50 bits per heavy atom. The van der Waals surface area contributed by atoms with Gasteiger partial charge in [-0.25, -0.2) is 4.21 Å². The Hall–Kier alpha value is -3.29. The summed E-state index contributed by atoms with van der Waals surface area (Å²) >= 11 is 0. The van der Waals surface area contributed by atoms with Gasteiger partial charge in [0, 0.05) is 18.7 Å². The van der Waals surface area contributed by atoms with E-state index in [1.54, 1.807) is 47.4 Å². The molecule has 3 aromatic carbocycles. The van der Waals surface area contributed by atoms with Crippen LogP contribution < -0.4 is 10.2 Å². The van der Waals surface area contributed by atoms with Crippen molar-refractivity contribution >= 4 is 28.3 Å². The Bertz CT molecular complexity index is 1210. The summed E-state index contributed by atoms with van der Waals surface area (Å²) in [4.78, 5) is 29.0. The molecule has 0 spiro atoms. The monoisotopic (exact) mass is 476 g/mol. The Morgan fingerprint density at radius 1 is 1.00 bits per heavy atom. The molecule has 0 aliphatic carbocycles. The summed E-state index contributed by atoms with van der Waals surface area (Å²) in [5, 5.41) is 2.90. The summed E-state index contributed by atoms with van der Waals surface area (Å²) in [7, 11) is -1.55. The van der Waals surface area contributed by atoms with Crippen LogP contribution in [0.1, 0.15) is 46.5 Å². The lowest BCUT2D eigenvalue weighted by Gasteiger charge is -2.23. The third kappa shape index (κ3) is 5.26. The molecule has 4 rings (SSSR count). The standard InChI is InChI=1S/C27H28N2O4S/c1-19(2)33-16-8-15-28-26(30)21-13-14-25-23(17-21)29(18-20-9-4-3-5-10-20)27(31)22-11-6-7-12-24(22)34(25)32/h3-7,9-14,17,19H,8,15-16,18H2,1-2H3,(H,28,30)/t34-/m0/s1. The molecule has 7 heteroatoms. The highest BCUT2D eigenvalue weighted by Gasteiger charge is 2.31. The van der Waals surface area contributed by atoms with E-state index < -0.39 is 10.8 Å². The van der Waals surface area contributed by atoms with Crippen LogP contribution >= 0.6 is 0 Å². The fraction of sp³-hybridized carbons (Fsp3) is 0.259. The van der Waals surface area contributed by atoms with Crippen LogP contribution in [0.5, 0.6) is 0 Å². The summed E-state index contributed by atoms with van der Waals surface area (Å²) in [6.45, 7) is 5.29. The molecule has 1 atom stereocenters. The molecule has 1 aliphatic heterocycles. The first-order chi connectivity index (χ1) is 16.5. The van der Waals surface area contributed by atoms with Crippen LogP contribution in [0.15, 0.2) is 82.6 Å².